The van der Waals surface area contributed by atoms with Gasteiger partial charge in [0.2, 0.25) is 0 Å². The van der Waals surface area contributed by atoms with Crippen LogP contribution in [0.15, 0.2) is 67.0 Å². The number of nitrogens with zero attached hydrogens (tertiary/aromatic N) is 2. The molecular weight excluding hydrogens is 325 g/mol. The summed E-state index contributed by atoms with van der Waals surface area (Å²) in [6, 6.07) is 16.5. The first-order chi connectivity index (χ1) is 12.6. The van der Waals surface area contributed by atoms with Crippen molar-refractivity contribution >= 4 is 0 Å². The summed E-state index contributed by atoms with van der Waals surface area (Å²) in [5, 5.41) is 0. The van der Waals surface area contributed by atoms with Crippen LogP contribution in [0, 0.1) is 19.7 Å². The first-order valence-corrected chi connectivity index (χ1v) is 8.46. The molecule has 0 aliphatic rings. The number of imidazole rings is 1. The molecule has 0 saturated carbocycles. The average Bonchev–Trinajstić information content (AvgIpc) is 3.08. The number of benzene rings is 2. The van der Waals surface area contributed by atoms with E-state index in [9.17, 15) is 4.39 Å². The molecular formula is C22H18FN3. The molecule has 3 nitrogen and oxygen atoms in total. The number of aryl methyl sites for hydroxylation is 2. The molecule has 0 radical (unpaired) electrons. The first-order valence-electron chi connectivity index (χ1n) is 8.46. The number of pyridine rings is 1. The third-order valence-electron chi connectivity index (χ3n) is 4.51. The Morgan fingerprint density at radius 3 is 2.12 bits per heavy atom. The van der Waals surface area contributed by atoms with Crippen LogP contribution >= 0.6 is 0 Å². The molecule has 2 heterocycles. The fraction of sp³-hybridized carbons (Fsp3) is 0.0909. The van der Waals surface area contributed by atoms with Gasteiger partial charge in [0, 0.05) is 29.1 Å². The third kappa shape index (κ3) is 2.90. The van der Waals surface area contributed by atoms with Gasteiger partial charge in [-0.3, -0.25) is 4.98 Å². The van der Waals surface area contributed by atoms with Gasteiger partial charge in [0.15, 0.2) is 0 Å². The molecule has 128 valence electrons. The molecule has 4 heteroatoms. The standard InChI is InChI=1S/C22H18FN3/c1-14-4-3-5-15(2)19(14)22-25-20(16-6-8-18(23)9-7-16)21(26-22)17-10-12-24-13-11-17/h3-13H,1-2H3,(H,25,26). The molecule has 2 aromatic carbocycles. The zero-order valence-electron chi connectivity index (χ0n) is 14.6. The maximum absolute atomic E-state index is 13.4. The predicted octanol–water partition coefficient (Wildman–Crippen LogP) is 5.56. The second-order valence-electron chi connectivity index (χ2n) is 6.32. The van der Waals surface area contributed by atoms with Gasteiger partial charge in [-0.1, -0.05) is 18.2 Å². The van der Waals surface area contributed by atoms with Gasteiger partial charge in [-0.15, -0.1) is 0 Å². The van der Waals surface area contributed by atoms with Gasteiger partial charge >= 0.3 is 0 Å². The number of aromatic amines is 1. The van der Waals surface area contributed by atoms with E-state index in [2.05, 4.69) is 35.9 Å². The average molecular weight is 343 g/mol. The zero-order valence-corrected chi connectivity index (χ0v) is 14.6. The minimum atomic E-state index is -0.260. The van der Waals surface area contributed by atoms with Crippen LogP contribution in [0.3, 0.4) is 0 Å². The predicted molar refractivity (Wildman–Crippen MR) is 102 cm³/mol. The summed E-state index contributed by atoms with van der Waals surface area (Å²) in [5.41, 5.74) is 6.97. The summed E-state index contributed by atoms with van der Waals surface area (Å²) in [6.07, 6.45) is 3.51. The van der Waals surface area contributed by atoms with E-state index >= 15 is 0 Å². The van der Waals surface area contributed by atoms with Gasteiger partial charge < -0.3 is 4.98 Å². The molecule has 0 aliphatic heterocycles. The minimum absolute atomic E-state index is 0.260. The number of hydrogen-bond acceptors (Lipinski definition) is 2. The molecule has 4 aromatic rings. The first kappa shape index (κ1) is 16.2. The molecule has 0 bridgehead atoms. The van der Waals surface area contributed by atoms with E-state index in [4.69, 9.17) is 4.98 Å². The van der Waals surface area contributed by atoms with E-state index in [1.54, 1.807) is 24.5 Å². The Morgan fingerprint density at radius 2 is 1.46 bits per heavy atom. The summed E-state index contributed by atoms with van der Waals surface area (Å²) in [6.45, 7) is 4.16. The topological polar surface area (TPSA) is 41.6 Å². The second kappa shape index (κ2) is 6.56. The van der Waals surface area contributed by atoms with Crippen molar-refractivity contribution in [2.45, 2.75) is 13.8 Å². The van der Waals surface area contributed by atoms with Gasteiger partial charge in [-0.2, -0.15) is 0 Å². The van der Waals surface area contributed by atoms with Crippen molar-refractivity contribution in [3.05, 3.63) is 83.9 Å². The van der Waals surface area contributed by atoms with Crippen LogP contribution in [0.25, 0.3) is 33.9 Å². The van der Waals surface area contributed by atoms with Crippen LogP contribution in [0.5, 0.6) is 0 Å². The third-order valence-corrected chi connectivity index (χ3v) is 4.51. The molecule has 1 N–H and O–H groups in total. The SMILES string of the molecule is Cc1cccc(C)c1-c1nc(-c2ccc(F)cc2)c(-c2ccncc2)[nH]1. The summed E-state index contributed by atoms with van der Waals surface area (Å²) in [4.78, 5) is 12.5. The lowest BCUT2D eigenvalue weighted by Gasteiger charge is -2.06. The Labute approximate surface area is 151 Å². The summed E-state index contributed by atoms with van der Waals surface area (Å²) in [7, 11) is 0. The second-order valence-corrected chi connectivity index (χ2v) is 6.32. The lowest BCUT2D eigenvalue weighted by Crippen LogP contribution is -1.89. The van der Waals surface area contributed by atoms with E-state index in [1.807, 2.05) is 18.2 Å². The van der Waals surface area contributed by atoms with Crippen molar-refractivity contribution in [3.8, 4) is 33.9 Å². The van der Waals surface area contributed by atoms with Gasteiger partial charge in [-0.05, 0) is 61.4 Å². The molecule has 0 amide bonds. The molecule has 0 aliphatic carbocycles. The van der Waals surface area contributed by atoms with E-state index in [0.717, 1.165) is 45.0 Å². The van der Waals surface area contributed by atoms with E-state index in [0.29, 0.717) is 0 Å². The van der Waals surface area contributed by atoms with Crippen molar-refractivity contribution in [3.63, 3.8) is 0 Å². The zero-order chi connectivity index (χ0) is 18.1. The molecule has 0 spiro atoms. The van der Waals surface area contributed by atoms with Crippen molar-refractivity contribution in [2.75, 3.05) is 0 Å². The van der Waals surface area contributed by atoms with Crippen molar-refractivity contribution in [1.29, 1.82) is 0 Å². The highest BCUT2D eigenvalue weighted by Crippen LogP contribution is 2.34. The molecule has 0 fully saturated rings. The Hall–Kier alpha value is -3.27. The fourth-order valence-corrected chi connectivity index (χ4v) is 3.22. The van der Waals surface area contributed by atoms with Gasteiger partial charge in [0.05, 0.1) is 11.4 Å². The number of nitrogens with one attached hydrogen (secondary N) is 1. The smallest absolute Gasteiger partial charge is 0.139 e. The van der Waals surface area contributed by atoms with Crippen LogP contribution in [-0.4, -0.2) is 15.0 Å². The Balaban J connectivity index is 1.95. The van der Waals surface area contributed by atoms with Gasteiger partial charge in [0.25, 0.3) is 0 Å². The van der Waals surface area contributed by atoms with E-state index in [1.165, 1.54) is 12.1 Å². The number of hydrogen-bond donors (Lipinski definition) is 1. The van der Waals surface area contributed by atoms with Crippen molar-refractivity contribution in [1.82, 2.24) is 15.0 Å². The van der Waals surface area contributed by atoms with Crippen LogP contribution in [0.2, 0.25) is 0 Å². The number of H-pyrrole nitrogens is 1. The summed E-state index contributed by atoms with van der Waals surface area (Å²) in [5.74, 6) is 0.552. The van der Waals surface area contributed by atoms with Crippen LogP contribution in [0.1, 0.15) is 11.1 Å². The summed E-state index contributed by atoms with van der Waals surface area (Å²) >= 11 is 0. The quantitative estimate of drug-likeness (QED) is 0.529. The number of aromatic nitrogens is 3. The highest BCUT2D eigenvalue weighted by atomic mass is 19.1. The lowest BCUT2D eigenvalue weighted by molar-refractivity contribution is 0.628. The largest absolute Gasteiger partial charge is 0.337 e. The van der Waals surface area contributed by atoms with E-state index in [-0.39, 0.29) is 5.82 Å². The Kier molecular flexibility index (Phi) is 4.09. The highest BCUT2D eigenvalue weighted by molar-refractivity contribution is 5.82. The normalized spacial score (nSPS) is 10.9. The molecule has 0 saturated heterocycles. The molecule has 4 rings (SSSR count). The van der Waals surface area contributed by atoms with Crippen molar-refractivity contribution < 1.29 is 4.39 Å². The Bertz CT molecular complexity index is 1030. The highest BCUT2D eigenvalue weighted by Gasteiger charge is 2.17. The van der Waals surface area contributed by atoms with Crippen LogP contribution < -0.4 is 0 Å². The summed E-state index contributed by atoms with van der Waals surface area (Å²) < 4.78 is 13.4. The van der Waals surface area contributed by atoms with Crippen LogP contribution in [-0.2, 0) is 0 Å². The monoisotopic (exact) mass is 343 g/mol. The number of rotatable bonds is 3. The lowest BCUT2D eigenvalue weighted by atomic mass is 10.0. The van der Waals surface area contributed by atoms with E-state index < -0.39 is 0 Å². The number of halogens is 1. The fourth-order valence-electron chi connectivity index (χ4n) is 3.22. The molecule has 0 atom stereocenters. The Morgan fingerprint density at radius 1 is 0.808 bits per heavy atom. The van der Waals surface area contributed by atoms with Gasteiger partial charge in [-0.25, -0.2) is 9.37 Å². The maximum Gasteiger partial charge on any atom is 0.139 e. The molecule has 2 aromatic heterocycles. The van der Waals surface area contributed by atoms with Crippen LogP contribution in [0.4, 0.5) is 4.39 Å². The minimum Gasteiger partial charge on any atom is -0.337 e. The molecule has 26 heavy (non-hydrogen) atoms. The van der Waals surface area contributed by atoms with Crippen molar-refractivity contribution in [2.24, 2.45) is 0 Å². The maximum atomic E-state index is 13.4. The molecule has 0 unspecified atom stereocenters. The van der Waals surface area contributed by atoms with Gasteiger partial charge in [0.1, 0.15) is 11.6 Å².